The number of esters is 1. The van der Waals surface area contributed by atoms with Gasteiger partial charge in [-0.25, -0.2) is 14.8 Å². The predicted octanol–water partition coefficient (Wildman–Crippen LogP) is 3.63. The number of benzene rings is 2. The lowest BCUT2D eigenvalue weighted by Crippen LogP contribution is -2.21. The van der Waals surface area contributed by atoms with Crippen molar-refractivity contribution in [3.05, 3.63) is 48.4 Å². The molecule has 0 spiro atoms. The highest BCUT2D eigenvalue weighted by molar-refractivity contribution is 7.22. The molecule has 0 radical (unpaired) electrons. The molecule has 0 aliphatic carbocycles. The van der Waals surface area contributed by atoms with E-state index in [0.717, 1.165) is 16.0 Å². The minimum Gasteiger partial charge on any atom is -0.494 e. The summed E-state index contributed by atoms with van der Waals surface area (Å²) in [6, 6.07) is 10.4. The van der Waals surface area contributed by atoms with Gasteiger partial charge in [-0.1, -0.05) is 17.4 Å². The van der Waals surface area contributed by atoms with Crippen molar-refractivity contribution in [2.24, 2.45) is 0 Å². The van der Waals surface area contributed by atoms with E-state index in [-0.39, 0.29) is 5.56 Å². The summed E-state index contributed by atoms with van der Waals surface area (Å²) >= 11 is 1.31. The highest BCUT2D eigenvalue weighted by Gasteiger charge is 2.16. The minimum atomic E-state index is -0.652. The van der Waals surface area contributed by atoms with Crippen LogP contribution < -0.4 is 10.1 Å². The Morgan fingerprint density at radius 1 is 1.25 bits per heavy atom. The van der Waals surface area contributed by atoms with Gasteiger partial charge in [0.25, 0.3) is 5.91 Å². The Bertz CT molecular complexity index is 1170. The molecule has 0 atom stereocenters. The van der Waals surface area contributed by atoms with E-state index in [1.807, 2.05) is 25.1 Å². The summed E-state index contributed by atoms with van der Waals surface area (Å²) in [6.45, 7) is 2.04. The van der Waals surface area contributed by atoms with E-state index in [9.17, 15) is 9.59 Å². The second-order valence-electron chi connectivity index (χ2n) is 5.71. The maximum absolute atomic E-state index is 12.2. The van der Waals surface area contributed by atoms with Gasteiger partial charge in [-0.2, -0.15) is 0 Å². The third-order valence-electron chi connectivity index (χ3n) is 3.83. The van der Waals surface area contributed by atoms with Crippen molar-refractivity contribution in [1.82, 2.24) is 9.97 Å². The zero-order chi connectivity index (χ0) is 19.5. The molecule has 2 aromatic carbocycles. The Morgan fingerprint density at radius 2 is 2.14 bits per heavy atom. The smallest absolute Gasteiger partial charge is 0.340 e. The van der Waals surface area contributed by atoms with Crippen LogP contribution in [0.5, 0.6) is 5.75 Å². The number of amides is 1. The maximum Gasteiger partial charge on any atom is 0.340 e. The lowest BCUT2D eigenvalue weighted by atomic mass is 10.2. The summed E-state index contributed by atoms with van der Waals surface area (Å²) in [7, 11) is 0. The molecule has 0 fully saturated rings. The zero-order valence-electron chi connectivity index (χ0n) is 14.8. The van der Waals surface area contributed by atoms with Gasteiger partial charge in [0.1, 0.15) is 11.3 Å². The van der Waals surface area contributed by atoms with E-state index in [1.54, 1.807) is 18.2 Å². The molecule has 28 heavy (non-hydrogen) atoms. The van der Waals surface area contributed by atoms with Gasteiger partial charge in [0.05, 0.1) is 22.4 Å². The van der Waals surface area contributed by atoms with Crippen LogP contribution in [0.15, 0.2) is 47.2 Å². The standard InChI is InChI=1S/C19H15N3O5S/c1-2-25-11-6-7-13-15(8-11)28-19(21-13)22-16(23)9-26-18(24)12-4-3-5-14-17(12)20-10-27-14/h3-8,10H,2,9H2,1H3,(H,21,22,23). The van der Waals surface area contributed by atoms with Crippen LogP contribution in [0.2, 0.25) is 0 Å². The highest BCUT2D eigenvalue weighted by Crippen LogP contribution is 2.29. The molecular formula is C19H15N3O5S. The highest BCUT2D eigenvalue weighted by atomic mass is 32.1. The Labute approximate surface area is 163 Å². The number of carbonyl (C=O) groups is 2. The van der Waals surface area contributed by atoms with Crippen molar-refractivity contribution < 1.29 is 23.5 Å². The Morgan fingerprint density at radius 3 is 3.00 bits per heavy atom. The van der Waals surface area contributed by atoms with E-state index in [0.29, 0.717) is 22.8 Å². The number of hydrogen-bond acceptors (Lipinski definition) is 8. The molecule has 8 nitrogen and oxygen atoms in total. The number of hydrogen-bond donors (Lipinski definition) is 1. The van der Waals surface area contributed by atoms with Gasteiger partial charge in [0, 0.05) is 0 Å². The van der Waals surface area contributed by atoms with Crippen LogP contribution in [0.4, 0.5) is 5.13 Å². The third-order valence-corrected chi connectivity index (χ3v) is 4.77. The minimum absolute atomic E-state index is 0.238. The molecular weight excluding hydrogens is 382 g/mol. The largest absolute Gasteiger partial charge is 0.494 e. The maximum atomic E-state index is 12.2. The average molecular weight is 397 g/mol. The SMILES string of the molecule is CCOc1ccc2nc(NC(=O)COC(=O)c3cccc4ocnc34)sc2c1. The van der Waals surface area contributed by atoms with Crippen LogP contribution in [0.25, 0.3) is 21.3 Å². The molecule has 2 aromatic heterocycles. The topological polar surface area (TPSA) is 104 Å². The number of nitrogens with one attached hydrogen (secondary N) is 1. The third kappa shape index (κ3) is 3.65. The second kappa shape index (κ2) is 7.65. The molecule has 0 bridgehead atoms. The van der Waals surface area contributed by atoms with E-state index in [2.05, 4.69) is 15.3 Å². The first-order chi connectivity index (χ1) is 13.6. The van der Waals surface area contributed by atoms with E-state index >= 15 is 0 Å². The van der Waals surface area contributed by atoms with Crippen LogP contribution in [0, 0.1) is 0 Å². The molecule has 4 rings (SSSR count). The number of fused-ring (bicyclic) bond motifs is 2. The van der Waals surface area contributed by atoms with Gasteiger partial charge < -0.3 is 13.9 Å². The van der Waals surface area contributed by atoms with Gasteiger partial charge >= 0.3 is 5.97 Å². The number of para-hydroxylation sites is 1. The molecule has 4 aromatic rings. The number of ether oxygens (including phenoxy) is 2. The van der Waals surface area contributed by atoms with Crippen LogP contribution in [0.3, 0.4) is 0 Å². The number of thiazole rings is 1. The number of rotatable bonds is 6. The molecule has 0 saturated carbocycles. The summed E-state index contributed by atoms with van der Waals surface area (Å²) in [5, 5.41) is 3.06. The Hall–Kier alpha value is -3.46. The van der Waals surface area contributed by atoms with Gasteiger partial charge in [0.2, 0.25) is 0 Å². The number of aromatic nitrogens is 2. The van der Waals surface area contributed by atoms with Crippen molar-refractivity contribution in [3.63, 3.8) is 0 Å². The molecule has 0 unspecified atom stereocenters. The van der Waals surface area contributed by atoms with Crippen molar-refractivity contribution in [1.29, 1.82) is 0 Å². The van der Waals surface area contributed by atoms with Crippen LogP contribution in [-0.4, -0.2) is 35.1 Å². The first-order valence-corrected chi connectivity index (χ1v) is 9.28. The molecule has 0 aliphatic rings. The first kappa shape index (κ1) is 17.9. The second-order valence-corrected chi connectivity index (χ2v) is 6.74. The lowest BCUT2D eigenvalue weighted by Gasteiger charge is -2.04. The Kier molecular flexibility index (Phi) is 4.90. The fraction of sp³-hybridized carbons (Fsp3) is 0.158. The monoisotopic (exact) mass is 397 g/mol. The van der Waals surface area contributed by atoms with Crippen molar-refractivity contribution in [2.45, 2.75) is 6.92 Å². The van der Waals surface area contributed by atoms with Gasteiger partial charge in [-0.15, -0.1) is 0 Å². The zero-order valence-corrected chi connectivity index (χ0v) is 15.6. The first-order valence-electron chi connectivity index (χ1n) is 8.46. The lowest BCUT2D eigenvalue weighted by molar-refractivity contribution is -0.119. The van der Waals surface area contributed by atoms with Crippen molar-refractivity contribution in [3.8, 4) is 5.75 Å². The van der Waals surface area contributed by atoms with Crippen molar-refractivity contribution in [2.75, 3.05) is 18.5 Å². The quantitative estimate of drug-likeness (QED) is 0.496. The summed E-state index contributed by atoms with van der Waals surface area (Å²) < 4.78 is 16.6. The van der Waals surface area contributed by atoms with E-state index < -0.39 is 18.5 Å². The Balaban J connectivity index is 1.39. The van der Waals surface area contributed by atoms with Crippen LogP contribution >= 0.6 is 11.3 Å². The van der Waals surface area contributed by atoms with Crippen LogP contribution in [0.1, 0.15) is 17.3 Å². The average Bonchev–Trinajstić information content (AvgIpc) is 3.32. The van der Waals surface area contributed by atoms with Crippen molar-refractivity contribution >= 4 is 49.7 Å². The number of oxazole rings is 1. The van der Waals surface area contributed by atoms with Gasteiger partial charge in [0.15, 0.2) is 23.7 Å². The summed E-state index contributed by atoms with van der Waals surface area (Å²) in [5.41, 5.74) is 1.85. The van der Waals surface area contributed by atoms with E-state index in [4.69, 9.17) is 13.9 Å². The molecule has 9 heteroatoms. The van der Waals surface area contributed by atoms with E-state index in [1.165, 1.54) is 17.7 Å². The summed E-state index contributed by atoms with van der Waals surface area (Å²) in [5.74, 6) is -0.391. The normalized spacial score (nSPS) is 10.9. The summed E-state index contributed by atoms with van der Waals surface area (Å²) in [4.78, 5) is 32.7. The van der Waals surface area contributed by atoms with Crippen LogP contribution in [-0.2, 0) is 9.53 Å². The molecule has 2 heterocycles. The fourth-order valence-corrected chi connectivity index (χ4v) is 3.54. The molecule has 0 saturated heterocycles. The number of nitrogens with zero attached hydrogens (tertiary/aromatic N) is 2. The molecule has 142 valence electrons. The molecule has 1 N–H and O–H groups in total. The number of carbonyl (C=O) groups excluding carboxylic acids is 2. The fourth-order valence-electron chi connectivity index (χ4n) is 2.63. The summed E-state index contributed by atoms with van der Waals surface area (Å²) in [6.07, 6.45) is 1.25. The number of anilines is 1. The van der Waals surface area contributed by atoms with Gasteiger partial charge in [-0.05, 0) is 37.3 Å². The van der Waals surface area contributed by atoms with Gasteiger partial charge in [-0.3, -0.25) is 10.1 Å². The molecule has 1 amide bonds. The predicted molar refractivity (Wildman–Crippen MR) is 104 cm³/mol. The molecule has 0 aliphatic heterocycles.